The molecule has 0 amide bonds. The molecule has 1 nitrogen and oxygen atoms in total. The molecule has 1 aromatic rings. The lowest BCUT2D eigenvalue weighted by atomic mass is 9.66. The first-order valence-electron chi connectivity index (χ1n) is 7.97. The maximum atomic E-state index is 9.80. The van der Waals surface area contributed by atoms with Crippen LogP contribution in [-0.4, -0.2) is 0 Å². The molecule has 1 fully saturated rings. The summed E-state index contributed by atoms with van der Waals surface area (Å²) in [5, 5.41) is 9.80. The van der Waals surface area contributed by atoms with E-state index in [1.807, 2.05) is 0 Å². The molecule has 1 aromatic carbocycles. The average Bonchev–Trinajstić information content (AvgIpc) is 2.43. The van der Waals surface area contributed by atoms with E-state index in [1.165, 1.54) is 41.5 Å². The zero-order chi connectivity index (χ0) is 14.8. The van der Waals surface area contributed by atoms with E-state index in [0.29, 0.717) is 0 Å². The second-order valence-corrected chi connectivity index (χ2v) is 6.82. The summed E-state index contributed by atoms with van der Waals surface area (Å²) in [5.41, 5.74) is 5.33. The van der Waals surface area contributed by atoms with Crippen LogP contribution in [0, 0.1) is 43.4 Å². The number of hydrogen-bond donors (Lipinski definition) is 0. The number of nitrogens with zero attached hydrogens (tertiary/aromatic N) is 1. The van der Waals surface area contributed by atoms with Gasteiger partial charge in [0.15, 0.2) is 0 Å². The monoisotopic (exact) mass is 269 g/mol. The summed E-state index contributed by atoms with van der Waals surface area (Å²) >= 11 is 0. The molecule has 1 heteroatoms. The fourth-order valence-corrected chi connectivity index (χ4v) is 3.96. The Labute approximate surface area is 124 Å². The highest BCUT2D eigenvalue weighted by Gasteiger charge is 2.36. The molecule has 2 atom stereocenters. The Kier molecular flexibility index (Phi) is 4.53. The van der Waals surface area contributed by atoms with Gasteiger partial charge in [-0.25, -0.2) is 0 Å². The highest BCUT2D eigenvalue weighted by Crippen LogP contribution is 2.43. The van der Waals surface area contributed by atoms with Gasteiger partial charge >= 0.3 is 0 Å². The Bertz CT molecular complexity index is 500. The standard InChI is InChI=1S/C19H27N/c1-5-17-7-6-8-19(11-17,13-20)12-18-15(3)9-14(2)10-16(18)4/h9-10,17H,5-8,11-12H2,1-4H3. The van der Waals surface area contributed by atoms with Gasteiger partial charge in [-0.15, -0.1) is 0 Å². The van der Waals surface area contributed by atoms with E-state index >= 15 is 0 Å². The lowest BCUT2D eigenvalue weighted by molar-refractivity contribution is 0.193. The van der Waals surface area contributed by atoms with E-state index in [9.17, 15) is 5.26 Å². The number of aryl methyl sites for hydroxylation is 3. The van der Waals surface area contributed by atoms with Gasteiger partial charge in [0, 0.05) is 0 Å². The summed E-state index contributed by atoms with van der Waals surface area (Å²) in [6.07, 6.45) is 6.86. The molecule has 1 aliphatic rings. The van der Waals surface area contributed by atoms with Crippen molar-refractivity contribution in [1.82, 2.24) is 0 Å². The van der Waals surface area contributed by atoms with Gasteiger partial charge in [0.25, 0.3) is 0 Å². The molecule has 0 saturated heterocycles. The molecule has 20 heavy (non-hydrogen) atoms. The van der Waals surface area contributed by atoms with Crippen molar-refractivity contribution in [3.63, 3.8) is 0 Å². The maximum absolute atomic E-state index is 9.80. The summed E-state index contributed by atoms with van der Waals surface area (Å²) in [6, 6.07) is 7.21. The molecule has 108 valence electrons. The second-order valence-electron chi connectivity index (χ2n) is 6.82. The van der Waals surface area contributed by atoms with Gasteiger partial charge in [-0.1, -0.05) is 43.9 Å². The Morgan fingerprint density at radius 1 is 1.25 bits per heavy atom. The van der Waals surface area contributed by atoms with E-state index in [4.69, 9.17) is 0 Å². The van der Waals surface area contributed by atoms with Gasteiger partial charge in [-0.05, 0) is 62.6 Å². The summed E-state index contributed by atoms with van der Waals surface area (Å²) in [7, 11) is 0. The molecule has 0 aromatic heterocycles. The molecule has 0 heterocycles. The van der Waals surface area contributed by atoms with Crippen molar-refractivity contribution in [2.24, 2.45) is 11.3 Å². The number of rotatable bonds is 3. The largest absolute Gasteiger partial charge is 0.198 e. The molecule has 0 aliphatic heterocycles. The van der Waals surface area contributed by atoms with Crippen molar-refractivity contribution < 1.29 is 0 Å². The average molecular weight is 269 g/mol. The Morgan fingerprint density at radius 2 is 1.90 bits per heavy atom. The van der Waals surface area contributed by atoms with E-state index in [1.54, 1.807) is 0 Å². The molecule has 0 radical (unpaired) electrons. The predicted octanol–water partition coefficient (Wildman–Crippen LogP) is 5.26. The van der Waals surface area contributed by atoms with Crippen molar-refractivity contribution in [3.05, 3.63) is 34.4 Å². The lowest BCUT2D eigenvalue weighted by Crippen LogP contribution is -2.30. The normalized spacial score (nSPS) is 26.2. The molecule has 2 unspecified atom stereocenters. The quantitative estimate of drug-likeness (QED) is 0.733. The van der Waals surface area contributed by atoms with Gasteiger partial charge in [-0.3, -0.25) is 0 Å². The van der Waals surface area contributed by atoms with E-state index in [-0.39, 0.29) is 5.41 Å². The van der Waals surface area contributed by atoms with Crippen LogP contribution in [0.5, 0.6) is 0 Å². The SMILES string of the molecule is CCC1CCCC(C#N)(Cc2c(C)cc(C)cc2C)C1. The maximum Gasteiger partial charge on any atom is 0.0693 e. The van der Waals surface area contributed by atoms with E-state index < -0.39 is 0 Å². The van der Waals surface area contributed by atoms with Crippen LogP contribution >= 0.6 is 0 Å². The summed E-state index contributed by atoms with van der Waals surface area (Å²) in [6.45, 7) is 8.80. The van der Waals surface area contributed by atoms with Crippen LogP contribution in [0.25, 0.3) is 0 Å². The Hall–Kier alpha value is -1.29. The summed E-state index contributed by atoms with van der Waals surface area (Å²) < 4.78 is 0. The predicted molar refractivity (Wildman–Crippen MR) is 84.7 cm³/mol. The third-order valence-electron chi connectivity index (χ3n) is 5.12. The van der Waals surface area contributed by atoms with Gasteiger partial charge in [0.05, 0.1) is 11.5 Å². The van der Waals surface area contributed by atoms with E-state index in [0.717, 1.165) is 25.2 Å². The second kappa shape index (κ2) is 6.00. The zero-order valence-corrected chi connectivity index (χ0v) is 13.4. The first-order valence-corrected chi connectivity index (χ1v) is 7.97. The highest BCUT2D eigenvalue weighted by atomic mass is 14.4. The topological polar surface area (TPSA) is 23.8 Å². The molecule has 1 aliphatic carbocycles. The molecular weight excluding hydrogens is 242 g/mol. The highest BCUT2D eigenvalue weighted by molar-refractivity contribution is 5.39. The molecular formula is C19H27N. The first kappa shape index (κ1) is 15.1. The van der Waals surface area contributed by atoms with Crippen molar-refractivity contribution in [2.45, 2.75) is 66.2 Å². The third kappa shape index (κ3) is 3.06. The molecule has 0 spiro atoms. The van der Waals surface area contributed by atoms with Crippen LogP contribution in [-0.2, 0) is 6.42 Å². The first-order chi connectivity index (χ1) is 9.49. The van der Waals surface area contributed by atoms with Crippen molar-refractivity contribution in [2.75, 3.05) is 0 Å². The van der Waals surface area contributed by atoms with Crippen molar-refractivity contribution in [3.8, 4) is 6.07 Å². The van der Waals surface area contributed by atoms with Gasteiger partial charge in [0.1, 0.15) is 0 Å². The zero-order valence-electron chi connectivity index (χ0n) is 13.4. The summed E-state index contributed by atoms with van der Waals surface area (Å²) in [5.74, 6) is 0.745. The van der Waals surface area contributed by atoms with Crippen LogP contribution in [0.15, 0.2) is 12.1 Å². The molecule has 2 rings (SSSR count). The molecule has 0 bridgehead atoms. The Balaban J connectivity index is 2.29. The minimum absolute atomic E-state index is 0.121. The van der Waals surface area contributed by atoms with Crippen LogP contribution in [0.2, 0.25) is 0 Å². The molecule has 1 saturated carbocycles. The minimum Gasteiger partial charge on any atom is -0.198 e. The number of nitriles is 1. The van der Waals surface area contributed by atoms with Crippen molar-refractivity contribution in [1.29, 1.82) is 5.26 Å². The minimum atomic E-state index is -0.121. The fourth-order valence-electron chi connectivity index (χ4n) is 3.96. The van der Waals surface area contributed by atoms with Gasteiger partial charge < -0.3 is 0 Å². The number of benzene rings is 1. The van der Waals surface area contributed by atoms with Crippen molar-refractivity contribution >= 4 is 0 Å². The van der Waals surface area contributed by atoms with Gasteiger partial charge in [-0.2, -0.15) is 5.26 Å². The van der Waals surface area contributed by atoms with Gasteiger partial charge in [0.2, 0.25) is 0 Å². The number of hydrogen-bond acceptors (Lipinski definition) is 1. The molecule has 0 N–H and O–H groups in total. The smallest absolute Gasteiger partial charge is 0.0693 e. The van der Waals surface area contributed by atoms with Crippen LogP contribution < -0.4 is 0 Å². The van der Waals surface area contributed by atoms with Crippen LogP contribution in [0.1, 0.15) is 61.3 Å². The van der Waals surface area contributed by atoms with E-state index in [2.05, 4.69) is 45.9 Å². The third-order valence-corrected chi connectivity index (χ3v) is 5.12. The van der Waals surface area contributed by atoms with Crippen LogP contribution in [0.3, 0.4) is 0 Å². The lowest BCUT2D eigenvalue weighted by Gasteiger charge is -2.36. The van der Waals surface area contributed by atoms with Crippen LogP contribution in [0.4, 0.5) is 0 Å². The Morgan fingerprint density at radius 3 is 2.45 bits per heavy atom. The summed E-state index contributed by atoms with van der Waals surface area (Å²) in [4.78, 5) is 0. The fraction of sp³-hybridized carbons (Fsp3) is 0.632.